The predicted octanol–water partition coefficient (Wildman–Crippen LogP) is 0.320. The van der Waals surface area contributed by atoms with Crippen LogP contribution in [0.5, 0.6) is 0 Å². The lowest BCUT2D eigenvalue weighted by molar-refractivity contribution is -0.353. The van der Waals surface area contributed by atoms with Gasteiger partial charge in [-0.2, -0.15) is 0 Å². The summed E-state index contributed by atoms with van der Waals surface area (Å²) in [4.78, 5) is 10.3. The van der Waals surface area contributed by atoms with E-state index in [-0.39, 0.29) is 11.6 Å². The summed E-state index contributed by atoms with van der Waals surface area (Å²) in [7, 11) is 0. The van der Waals surface area contributed by atoms with Crippen molar-refractivity contribution in [1.29, 1.82) is 0 Å². The highest BCUT2D eigenvalue weighted by atomic mass is 16.8. The van der Waals surface area contributed by atoms with Gasteiger partial charge in [0.25, 0.3) is 0 Å². The Kier molecular flexibility index (Phi) is 2.77. The molecule has 0 amide bonds. The normalized spacial score (nSPS) is 16.9. The molecule has 0 radical (unpaired) electrons. The molecule has 0 rings (SSSR count). The van der Waals surface area contributed by atoms with Crippen LogP contribution in [0.4, 0.5) is 0 Å². The van der Waals surface area contributed by atoms with E-state index in [1.807, 2.05) is 0 Å². The zero-order chi connectivity index (χ0) is 8.36. The van der Waals surface area contributed by atoms with Crippen LogP contribution in [0.15, 0.2) is 0 Å². The smallest absolute Gasteiger partial charge is 0.328 e. The van der Waals surface area contributed by atoms with Gasteiger partial charge < -0.3 is 5.11 Å². The maximum atomic E-state index is 10.3. The number of nitrogens with zero attached hydrogens (tertiary/aromatic N) is 1. The number of hydroxylamine groups is 2. The van der Waals surface area contributed by atoms with Gasteiger partial charge in [-0.15, -0.1) is 0 Å². The quantitative estimate of drug-likeness (QED) is 0.503. The summed E-state index contributed by atoms with van der Waals surface area (Å²) in [5, 5.41) is 25.1. The van der Waals surface area contributed by atoms with Crippen molar-refractivity contribution in [2.75, 3.05) is 0 Å². The van der Waals surface area contributed by atoms with E-state index in [0.717, 1.165) is 0 Å². The molecular weight excluding hydrogens is 138 g/mol. The van der Waals surface area contributed by atoms with Crippen LogP contribution >= 0.6 is 0 Å². The monoisotopic (exact) mass is 149 g/mol. The van der Waals surface area contributed by atoms with E-state index in [2.05, 4.69) is 0 Å². The summed E-state index contributed by atoms with van der Waals surface area (Å²) in [5.74, 6) is -1.26. The molecule has 0 bridgehead atoms. The standard InChI is InChI=1S/C5H11NO4/c1-3-5(2,4(7)8)6(9)10/h9-10H,3H2,1-2H3,(H,7,8)/t5-/m1/s1. The zero-order valence-corrected chi connectivity index (χ0v) is 5.90. The Hall–Kier alpha value is -0.650. The van der Waals surface area contributed by atoms with Crippen molar-refractivity contribution < 1.29 is 20.3 Å². The lowest BCUT2D eigenvalue weighted by Crippen LogP contribution is -2.48. The summed E-state index contributed by atoms with van der Waals surface area (Å²) in [6.07, 6.45) is 0.120. The Balaban J connectivity index is 4.38. The molecule has 0 aliphatic rings. The van der Waals surface area contributed by atoms with Crippen LogP contribution < -0.4 is 0 Å². The summed E-state index contributed by atoms with van der Waals surface area (Å²) < 4.78 is 0. The number of carboxylic acid groups (broad SMARTS) is 1. The van der Waals surface area contributed by atoms with Gasteiger partial charge in [0, 0.05) is 0 Å². The van der Waals surface area contributed by atoms with E-state index in [1.54, 1.807) is 6.92 Å². The molecule has 1 atom stereocenters. The highest BCUT2D eigenvalue weighted by molar-refractivity contribution is 5.77. The second kappa shape index (κ2) is 2.96. The molecule has 0 aromatic heterocycles. The van der Waals surface area contributed by atoms with Gasteiger partial charge in [0.05, 0.1) is 0 Å². The summed E-state index contributed by atoms with van der Waals surface area (Å²) in [5.41, 5.74) is -1.60. The van der Waals surface area contributed by atoms with E-state index in [4.69, 9.17) is 15.5 Å². The number of rotatable bonds is 3. The minimum atomic E-state index is -1.60. The Morgan fingerprint density at radius 2 is 2.00 bits per heavy atom. The largest absolute Gasteiger partial charge is 0.480 e. The van der Waals surface area contributed by atoms with Crippen molar-refractivity contribution in [1.82, 2.24) is 5.23 Å². The van der Waals surface area contributed by atoms with Crippen molar-refractivity contribution >= 4 is 5.97 Å². The molecule has 0 aliphatic heterocycles. The van der Waals surface area contributed by atoms with Gasteiger partial charge in [0.15, 0.2) is 5.54 Å². The van der Waals surface area contributed by atoms with Crippen molar-refractivity contribution in [3.05, 3.63) is 0 Å². The van der Waals surface area contributed by atoms with Gasteiger partial charge in [-0.1, -0.05) is 12.2 Å². The lowest BCUT2D eigenvalue weighted by Gasteiger charge is -2.25. The van der Waals surface area contributed by atoms with Crippen molar-refractivity contribution in [3.8, 4) is 0 Å². The molecule has 0 saturated heterocycles. The molecule has 10 heavy (non-hydrogen) atoms. The average molecular weight is 149 g/mol. The molecule has 0 saturated carbocycles. The average Bonchev–Trinajstić information content (AvgIpc) is 1.85. The van der Waals surface area contributed by atoms with E-state index in [1.165, 1.54) is 6.92 Å². The topological polar surface area (TPSA) is 81.0 Å². The molecule has 5 nitrogen and oxygen atoms in total. The van der Waals surface area contributed by atoms with Crippen molar-refractivity contribution in [3.63, 3.8) is 0 Å². The van der Waals surface area contributed by atoms with Gasteiger partial charge in [-0.3, -0.25) is 15.2 Å². The maximum Gasteiger partial charge on any atom is 0.328 e. The van der Waals surface area contributed by atoms with E-state index in [0.29, 0.717) is 0 Å². The first-order valence-electron chi connectivity index (χ1n) is 2.86. The van der Waals surface area contributed by atoms with Crippen molar-refractivity contribution in [2.24, 2.45) is 0 Å². The molecule has 3 N–H and O–H groups in total. The highest BCUT2D eigenvalue weighted by Crippen LogP contribution is 2.14. The van der Waals surface area contributed by atoms with E-state index >= 15 is 0 Å². The van der Waals surface area contributed by atoms with Crippen LogP contribution in [0.2, 0.25) is 0 Å². The van der Waals surface area contributed by atoms with Crippen LogP contribution in [-0.4, -0.2) is 32.3 Å². The third-order valence-electron chi connectivity index (χ3n) is 1.59. The fourth-order valence-corrected chi connectivity index (χ4v) is 0.378. The van der Waals surface area contributed by atoms with Crippen LogP contribution in [-0.2, 0) is 4.79 Å². The fraction of sp³-hybridized carbons (Fsp3) is 0.800. The Labute approximate surface area is 58.4 Å². The summed E-state index contributed by atoms with van der Waals surface area (Å²) in [6, 6.07) is 0. The van der Waals surface area contributed by atoms with Gasteiger partial charge in [0.2, 0.25) is 0 Å². The van der Waals surface area contributed by atoms with Crippen LogP contribution in [0.1, 0.15) is 20.3 Å². The Morgan fingerprint density at radius 3 is 2.00 bits per heavy atom. The molecule has 5 heteroatoms. The highest BCUT2D eigenvalue weighted by Gasteiger charge is 2.37. The van der Waals surface area contributed by atoms with E-state index in [9.17, 15) is 4.79 Å². The van der Waals surface area contributed by atoms with Crippen LogP contribution in [0.25, 0.3) is 0 Å². The van der Waals surface area contributed by atoms with Gasteiger partial charge in [-0.05, 0) is 13.3 Å². The second-order valence-electron chi connectivity index (χ2n) is 2.22. The number of hydrogen-bond acceptors (Lipinski definition) is 4. The number of carboxylic acids is 1. The number of hydrogen-bond donors (Lipinski definition) is 3. The van der Waals surface area contributed by atoms with Crippen LogP contribution in [0.3, 0.4) is 0 Å². The maximum absolute atomic E-state index is 10.3. The minimum Gasteiger partial charge on any atom is -0.480 e. The van der Waals surface area contributed by atoms with Gasteiger partial charge in [-0.25, -0.2) is 0 Å². The summed E-state index contributed by atoms with van der Waals surface area (Å²) >= 11 is 0. The van der Waals surface area contributed by atoms with Gasteiger partial charge in [0.1, 0.15) is 0 Å². The number of carbonyl (C=O) groups is 1. The number of aliphatic carboxylic acids is 1. The first-order chi connectivity index (χ1) is 4.45. The second-order valence-corrected chi connectivity index (χ2v) is 2.22. The molecule has 0 heterocycles. The molecule has 0 fully saturated rings. The van der Waals surface area contributed by atoms with Gasteiger partial charge >= 0.3 is 5.97 Å². The van der Waals surface area contributed by atoms with Crippen LogP contribution in [0, 0.1) is 0 Å². The molecule has 0 aliphatic carbocycles. The Bertz CT molecular complexity index is 136. The molecule has 0 aromatic rings. The van der Waals surface area contributed by atoms with E-state index < -0.39 is 11.5 Å². The molecule has 0 spiro atoms. The molecule has 0 unspecified atom stereocenters. The molecule has 0 aromatic carbocycles. The fourth-order valence-electron chi connectivity index (χ4n) is 0.378. The summed E-state index contributed by atoms with van der Waals surface area (Å²) in [6.45, 7) is 2.77. The lowest BCUT2D eigenvalue weighted by atomic mass is 10.0. The molecular formula is C5H11NO4. The third kappa shape index (κ3) is 1.44. The first-order valence-corrected chi connectivity index (χ1v) is 2.86. The predicted molar refractivity (Wildman–Crippen MR) is 31.7 cm³/mol. The molecule has 60 valence electrons. The third-order valence-corrected chi connectivity index (χ3v) is 1.59. The Morgan fingerprint density at radius 1 is 1.60 bits per heavy atom. The minimum absolute atomic E-state index is 0.120. The first kappa shape index (κ1) is 9.35. The van der Waals surface area contributed by atoms with Crippen molar-refractivity contribution in [2.45, 2.75) is 25.8 Å². The SMILES string of the molecule is CC[C@](C)(C(=O)O)N(O)O. The zero-order valence-electron chi connectivity index (χ0n) is 5.90.